The summed E-state index contributed by atoms with van der Waals surface area (Å²) in [5.74, 6) is -10.6. The molecule has 0 saturated heterocycles. The van der Waals surface area contributed by atoms with Gasteiger partial charge in [-0.25, -0.2) is 0 Å². The van der Waals surface area contributed by atoms with Crippen LogP contribution in [0, 0.1) is 23.7 Å². The number of alkyl halides is 6. The Labute approximate surface area is 497 Å². The molecule has 9 nitrogen and oxygen atoms in total. The zero-order valence-electron chi connectivity index (χ0n) is 37.1. The van der Waals surface area contributed by atoms with Crippen molar-refractivity contribution in [3.8, 4) is 0 Å². The molecule has 0 aliphatic heterocycles. The average molecular weight is 1680 g/mol. The molecule has 6 atom stereocenters. The topological polar surface area (TPSA) is 167 Å². The molecule has 0 aromatic heterocycles. The number of nitrogen functional groups attached to an aromatic ring is 1. The van der Waals surface area contributed by atoms with Crippen molar-refractivity contribution in [2.45, 2.75) is 88.4 Å². The van der Waals surface area contributed by atoms with E-state index in [9.17, 15) is 50.6 Å². The van der Waals surface area contributed by atoms with Crippen LogP contribution in [0.3, 0.4) is 0 Å². The maximum atomic E-state index is 13.5. The van der Waals surface area contributed by atoms with Crippen molar-refractivity contribution in [3.05, 3.63) is 127 Å². The summed E-state index contributed by atoms with van der Waals surface area (Å²) in [6, 6.07) is 21.2. The number of halogens is 15. The number of carboxylic acid groups (broad SMARTS) is 3. The van der Waals surface area contributed by atoms with Crippen molar-refractivity contribution in [3.63, 3.8) is 0 Å². The summed E-state index contributed by atoms with van der Waals surface area (Å²) in [7, 11) is 0.628. The second-order valence-electron chi connectivity index (χ2n) is 16.2. The summed E-state index contributed by atoms with van der Waals surface area (Å²) in [6.45, 7) is 1.81. The van der Waals surface area contributed by atoms with Crippen LogP contribution in [-0.2, 0) is 28.6 Å². The molecule has 2 saturated carbocycles. The fourth-order valence-corrected chi connectivity index (χ4v) is 7.92. The van der Waals surface area contributed by atoms with E-state index >= 15 is 0 Å². The first-order valence-electron chi connectivity index (χ1n) is 20.7. The van der Waals surface area contributed by atoms with Gasteiger partial charge in [-0.2, -0.15) is 26.3 Å². The molecule has 0 radical (unpaired) electrons. The van der Waals surface area contributed by atoms with Crippen molar-refractivity contribution in [2.24, 2.45) is 23.7 Å². The number of carbonyl (C=O) groups excluding carboxylic acids is 1. The third kappa shape index (κ3) is 23.8. The molecule has 4 aromatic rings. The maximum absolute atomic E-state index is 13.5. The van der Waals surface area contributed by atoms with Gasteiger partial charge >= 0.3 is 79.7 Å². The summed E-state index contributed by atoms with van der Waals surface area (Å²) in [6.07, 6.45) is -5.02. The zero-order chi connectivity index (χ0) is 53.3. The predicted molar refractivity (Wildman–Crippen MR) is 294 cm³/mol. The number of benzene rings is 4. The number of aliphatic carboxylic acids is 3. The first-order valence-corrected chi connectivity index (χ1v) is 37.5. The quantitative estimate of drug-likeness (QED) is 0.0445. The molecular weight excluding hydrogens is 1630 g/mol. The van der Waals surface area contributed by atoms with Crippen LogP contribution < -0.4 is 35.0 Å². The number of nitrogens with one attached hydrogen (secondary N) is 1. The number of amides is 1. The molecule has 2 aliphatic rings. The molecule has 0 heterocycles. The van der Waals surface area contributed by atoms with Gasteiger partial charge in [0.05, 0.1) is 57.9 Å². The van der Waals surface area contributed by atoms with Crippen LogP contribution in [0.25, 0.3) is 0 Å². The minimum atomic E-state index is -4.61. The Hall–Kier alpha value is -0.466. The van der Waals surface area contributed by atoms with Crippen molar-refractivity contribution in [2.75, 3.05) is 11.1 Å². The SMILES string of the molecule is C[C@H]([C@H](C(=O)Nc1cc([C@@H](CC(=O)O)C2CC2)ccc1Cl)c1ccc(Cl)cc1)C(F)(F)F.C[C@H]([C@H](C(=O)O)c1ccc(Cl)cc1)C(F)(F)F.II.Nc1cc([C@@H](CC(=O)O)C2CC2)ccc1Cl.[I-].[I][V][I]. The molecule has 2 aliphatic carbocycles. The number of carbonyl (C=O) groups is 4. The standard InChI is InChI=1S/C23H22Cl2F3NO3.C12H14ClNO2.C11H10ClF3O2.I2.3HI.V/c1-12(23(26,27)28)21(14-4-7-16(24)8-5-14)22(32)29-19-10-15(6-9-18(19)25)17(11-20(30)31)13-2-3-13;13-10-4-3-8(5-11(10)14)9(6-12(15)16)7-1-2-7;1-6(11(13,14)15)9(10(16)17)7-2-4-8(12)5-3-7;1-2;;;;/h4-10,12-13,17,21H,2-3,11H2,1H3,(H,29,32)(H,30,31);3-5,7,9H,1-2,6,14H2,(H,15,16);2-6,9H,1H3,(H,16,17);;3*1H;/q;;;;;;;+2/p-3/t12-,17+,21+;9-;6-,9+;;;;;/m101...../s1. The molecule has 2 fully saturated rings. The van der Waals surface area contributed by atoms with Gasteiger partial charge in [0.1, 0.15) is 0 Å². The monoisotopic (exact) mass is 1680 g/mol. The number of carboxylic acids is 3. The van der Waals surface area contributed by atoms with Crippen LogP contribution in [0.1, 0.15) is 98.3 Å². The summed E-state index contributed by atoms with van der Waals surface area (Å²) in [5, 5.41) is 30.9. The van der Waals surface area contributed by atoms with Crippen LogP contribution in [-0.4, -0.2) is 51.5 Å². The summed E-state index contributed by atoms with van der Waals surface area (Å²) in [5.41, 5.74) is 8.34. The Morgan fingerprint density at radius 1 is 0.634 bits per heavy atom. The molecule has 0 bridgehead atoms. The van der Waals surface area contributed by atoms with E-state index in [2.05, 4.69) is 82.5 Å². The number of rotatable bonds is 15. The molecule has 6 rings (SSSR count). The number of nitrogens with two attached hydrogens (primary N) is 1. The molecule has 0 spiro atoms. The third-order valence-corrected chi connectivity index (χ3v) is 12.5. The molecule has 4 aromatic carbocycles. The van der Waals surface area contributed by atoms with Crippen LogP contribution in [0.5, 0.6) is 0 Å². The van der Waals surface area contributed by atoms with E-state index in [0.29, 0.717) is 41.7 Å². The summed E-state index contributed by atoms with van der Waals surface area (Å²) < 4.78 is 78.2. The Kier molecular flexibility index (Phi) is 31.8. The van der Waals surface area contributed by atoms with Crippen molar-refractivity contribution in [1.29, 1.82) is 0 Å². The van der Waals surface area contributed by atoms with E-state index < -0.39 is 59.8 Å². The first kappa shape index (κ1) is 68.5. The number of hydrogen-bond acceptors (Lipinski definition) is 5. The summed E-state index contributed by atoms with van der Waals surface area (Å²) >= 11 is 32.5. The van der Waals surface area contributed by atoms with Crippen molar-refractivity contribution in [1.82, 2.24) is 0 Å². The van der Waals surface area contributed by atoms with E-state index in [-0.39, 0.29) is 76.4 Å². The summed E-state index contributed by atoms with van der Waals surface area (Å²) in [4.78, 5) is 46.1. The molecular formula is C46H46Cl4F6I5N2O7V-. The van der Waals surface area contributed by atoms with E-state index in [1.54, 1.807) is 24.3 Å². The van der Waals surface area contributed by atoms with Gasteiger partial charge in [-0.3, -0.25) is 19.2 Å². The van der Waals surface area contributed by atoms with E-state index in [1.807, 2.05) is 6.07 Å². The third-order valence-electron chi connectivity index (χ3n) is 11.3. The Bertz CT molecular complexity index is 2340. The van der Waals surface area contributed by atoms with Gasteiger partial charge in [0.25, 0.3) is 0 Å². The van der Waals surface area contributed by atoms with Gasteiger partial charge in [0.15, 0.2) is 0 Å². The van der Waals surface area contributed by atoms with E-state index in [1.165, 1.54) is 54.6 Å². The minimum absolute atomic E-state index is 0. The fraction of sp³-hybridized carbons (Fsp3) is 0.391. The van der Waals surface area contributed by atoms with Crippen LogP contribution in [0.2, 0.25) is 20.1 Å². The molecule has 6 N–H and O–H groups in total. The van der Waals surface area contributed by atoms with Crippen LogP contribution in [0.4, 0.5) is 37.7 Å². The van der Waals surface area contributed by atoms with Crippen molar-refractivity contribution >= 4 is 159 Å². The van der Waals surface area contributed by atoms with Gasteiger partial charge in [0.2, 0.25) is 5.91 Å². The molecule has 0 unspecified atom stereocenters. The van der Waals surface area contributed by atoms with Gasteiger partial charge in [-0.1, -0.05) is 96.6 Å². The van der Waals surface area contributed by atoms with Gasteiger partial charge < -0.3 is 50.3 Å². The Morgan fingerprint density at radius 3 is 1.31 bits per heavy atom. The van der Waals surface area contributed by atoms with E-state index in [4.69, 9.17) is 62.4 Å². The number of hydrogen-bond donors (Lipinski definition) is 5. The average Bonchev–Trinajstić information content (AvgIpc) is 4.22. The van der Waals surface area contributed by atoms with Crippen LogP contribution >= 0.6 is 124 Å². The molecule has 1 amide bonds. The number of anilines is 2. The molecule has 25 heteroatoms. The molecule has 393 valence electrons. The van der Waals surface area contributed by atoms with Gasteiger partial charge in [0, 0.05) is 47.3 Å². The normalized spacial score (nSPS) is 15.4. The van der Waals surface area contributed by atoms with E-state index in [0.717, 1.165) is 45.1 Å². The van der Waals surface area contributed by atoms with Crippen molar-refractivity contribution < 1.29 is 94.3 Å². The Morgan fingerprint density at radius 2 is 0.972 bits per heavy atom. The first-order chi connectivity index (χ1) is 32.7. The predicted octanol–water partition coefficient (Wildman–Crippen LogP) is 14.0. The fourth-order valence-electron chi connectivity index (χ4n) is 7.39. The van der Waals surface area contributed by atoms with Gasteiger partial charge in [-0.05, 0) is 120 Å². The zero-order valence-corrected chi connectivity index (χ0v) is 52.3. The van der Waals surface area contributed by atoms with Crippen LogP contribution in [0.15, 0.2) is 84.9 Å². The Balaban J connectivity index is 0.000000547. The second kappa shape index (κ2) is 33.0. The van der Waals surface area contributed by atoms with Gasteiger partial charge in [-0.15, -0.1) is 0 Å². The molecule has 71 heavy (non-hydrogen) atoms. The second-order valence-corrected chi connectivity index (χ2v) is 29.7.